The molecular weight excluding hydrogens is 318 g/mol. The number of ether oxygens (including phenoxy) is 1. The molecule has 0 amide bonds. The normalized spacial score (nSPS) is 11.6. The van der Waals surface area contributed by atoms with E-state index in [1.165, 1.54) is 20.2 Å². The summed E-state index contributed by atoms with van der Waals surface area (Å²) >= 11 is 0. The predicted molar refractivity (Wildman–Crippen MR) is 94.1 cm³/mol. The van der Waals surface area contributed by atoms with E-state index in [9.17, 15) is 9.59 Å². The second kappa shape index (κ2) is 6.68. The Bertz CT molecular complexity index is 1000. The molecule has 0 fully saturated rings. The number of imidazole rings is 1. The minimum atomic E-state index is -0.479. The number of Topliss-reactive ketones (excluding diaryl/α,β-unsaturated/α-hetero) is 1. The summed E-state index contributed by atoms with van der Waals surface area (Å²) in [5.74, 6) is -0.583. The van der Waals surface area contributed by atoms with Gasteiger partial charge in [-0.3, -0.25) is 14.2 Å². The van der Waals surface area contributed by atoms with Crippen LogP contribution in [0.5, 0.6) is 0 Å². The number of carbonyl (C=O) groups excluding carboxylic acids is 2. The number of methoxy groups -OCH3 is 1. The number of carbonyl (C=O) groups is 2. The van der Waals surface area contributed by atoms with Crippen molar-refractivity contribution < 1.29 is 14.3 Å². The molecule has 0 saturated heterocycles. The molecule has 0 spiro atoms. The van der Waals surface area contributed by atoms with E-state index >= 15 is 0 Å². The number of fused-ring (bicyclic) bond motifs is 1. The maximum atomic E-state index is 12.3. The molecule has 0 saturated carbocycles. The molecular formula is C19H17N3O3. The van der Waals surface area contributed by atoms with E-state index in [1.807, 2.05) is 25.1 Å². The zero-order valence-corrected chi connectivity index (χ0v) is 14.2. The summed E-state index contributed by atoms with van der Waals surface area (Å²) in [4.78, 5) is 32.6. The molecule has 25 heavy (non-hydrogen) atoms. The van der Waals surface area contributed by atoms with Gasteiger partial charge in [0.15, 0.2) is 5.78 Å². The quantitative estimate of drug-likeness (QED) is 0.416. The number of pyridine rings is 2. The van der Waals surface area contributed by atoms with Crippen LogP contribution in [0.2, 0.25) is 0 Å². The number of ketones is 1. The zero-order chi connectivity index (χ0) is 18.0. The molecule has 0 aliphatic rings. The molecule has 0 bridgehead atoms. The lowest BCUT2D eigenvalue weighted by Crippen LogP contribution is -2.06. The van der Waals surface area contributed by atoms with Gasteiger partial charge in [-0.2, -0.15) is 0 Å². The fourth-order valence-electron chi connectivity index (χ4n) is 2.56. The summed E-state index contributed by atoms with van der Waals surface area (Å²) in [7, 11) is 1.33. The highest BCUT2D eigenvalue weighted by molar-refractivity contribution is 6.21. The van der Waals surface area contributed by atoms with E-state index in [1.54, 1.807) is 28.8 Å². The zero-order valence-electron chi connectivity index (χ0n) is 14.2. The summed E-state index contributed by atoms with van der Waals surface area (Å²) in [6, 6.07) is 9.08. The molecule has 3 heterocycles. The van der Waals surface area contributed by atoms with Gasteiger partial charge in [0.2, 0.25) is 0 Å². The lowest BCUT2D eigenvalue weighted by molar-refractivity contribution is -0.133. The lowest BCUT2D eigenvalue weighted by Gasteiger charge is -2.08. The monoisotopic (exact) mass is 335 g/mol. The summed E-state index contributed by atoms with van der Waals surface area (Å²) in [5, 5.41) is 0. The predicted octanol–water partition coefficient (Wildman–Crippen LogP) is 2.95. The first-order valence-corrected chi connectivity index (χ1v) is 7.71. The Morgan fingerprint density at radius 2 is 2.00 bits per heavy atom. The van der Waals surface area contributed by atoms with Crippen molar-refractivity contribution in [2.24, 2.45) is 0 Å². The number of esters is 1. The first kappa shape index (κ1) is 16.6. The van der Waals surface area contributed by atoms with Crippen molar-refractivity contribution in [3.63, 3.8) is 0 Å². The van der Waals surface area contributed by atoms with Gasteiger partial charge in [-0.1, -0.05) is 6.07 Å². The number of nitrogens with zero attached hydrogens (tertiary/aromatic N) is 3. The van der Waals surface area contributed by atoms with E-state index in [-0.39, 0.29) is 5.78 Å². The van der Waals surface area contributed by atoms with Gasteiger partial charge in [0.05, 0.1) is 24.6 Å². The highest BCUT2D eigenvalue weighted by Crippen LogP contribution is 2.21. The Balaban J connectivity index is 2.16. The minimum absolute atomic E-state index is 0.103. The largest absolute Gasteiger partial charge is 0.465 e. The van der Waals surface area contributed by atoms with E-state index in [0.717, 1.165) is 5.69 Å². The fraction of sp³-hybridized carbons (Fsp3) is 0.158. The number of rotatable bonds is 4. The van der Waals surface area contributed by atoms with Crippen LogP contribution in [0.1, 0.15) is 34.4 Å². The highest BCUT2D eigenvalue weighted by Gasteiger charge is 2.16. The third kappa shape index (κ3) is 3.33. The molecule has 6 heteroatoms. The van der Waals surface area contributed by atoms with Crippen LogP contribution in [-0.4, -0.2) is 33.2 Å². The second-order valence-electron chi connectivity index (χ2n) is 5.60. The number of aryl methyl sites for hydroxylation is 1. The summed E-state index contributed by atoms with van der Waals surface area (Å²) in [5.41, 5.74) is 3.55. The molecule has 0 unspecified atom stereocenters. The smallest absolute Gasteiger partial charge is 0.338 e. The molecule has 0 aliphatic heterocycles. The van der Waals surface area contributed by atoms with Crippen molar-refractivity contribution in [2.75, 3.05) is 7.11 Å². The maximum Gasteiger partial charge on any atom is 0.338 e. The van der Waals surface area contributed by atoms with Crippen molar-refractivity contribution in [1.29, 1.82) is 0 Å². The Morgan fingerprint density at radius 3 is 2.68 bits per heavy atom. The minimum Gasteiger partial charge on any atom is -0.465 e. The van der Waals surface area contributed by atoms with Gasteiger partial charge < -0.3 is 4.74 Å². The summed E-state index contributed by atoms with van der Waals surface area (Å²) in [6.45, 7) is 3.36. The first-order chi connectivity index (χ1) is 12.0. The Kier molecular flexibility index (Phi) is 4.43. The average Bonchev–Trinajstić information content (AvgIpc) is 3.02. The topological polar surface area (TPSA) is 73.6 Å². The molecule has 0 aliphatic carbocycles. The Morgan fingerprint density at radius 1 is 1.20 bits per heavy atom. The third-order valence-corrected chi connectivity index (χ3v) is 3.78. The van der Waals surface area contributed by atoms with Gasteiger partial charge in [-0.25, -0.2) is 9.78 Å². The molecule has 126 valence electrons. The number of aromatic nitrogens is 3. The van der Waals surface area contributed by atoms with Crippen LogP contribution in [0.3, 0.4) is 0 Å². The van der Waals surface area contributed by atoms with Crippen LogP contribution in [0.25, 0.3) is 17.3 Å². The van der Waals surface area contributed by atoms with Crippen LogP contribution < -0.4 is 0 Å². The molecule has 0 atom stereocenters. The standard InChI is InChI=1S/C19H17N3O3/c1-12-5-4-6-15(21-12)9-16(19(24)25-3)14-7-8-18-20-10-17(13(2)23)22(18)11-14/h4-11H,1-3H3/b16-9+. The molecule has 0 radical (unpaired) electrons. The molecule has 6 nitrogen and oxygen atoms in total. The third-order valence-electron chi connectivity index (χ3n) is 3.78. The van der Waals surface area contributed by atoms with E-state index in [4.69, 9.17) is 4.74 Å². The fourth-order valence-corrected chi connectivity index (χ4v) is 2.56. The van der Waals surface area contributed by atoms with Gasteiger partial charge in [0.25, 0.3) is 0 Å². The van der Waals surface area contributed by atoms with Gasteiger partial charge >= 0.3 is 5.97 Å². The summed E-state index contributed by atoms with van der Waals surface area (Å²) in [6.07, 6.45) is 4.90. The van der Waals surface area contributed by atoms with Crippen molar-refractivity contribution in [1.82, 2.24) is 14.4 Å². The van der Waals surface area contributed by atoms with Gasteiger partial charge in [-0.05, 0) is 37.3 Å². The Hall–Kier alpha value is -3.28. The number of hydrogen-bond acceptors (Lipinski definition) is 5. The van der Waals surface area contributed by atoms with E-state index in [0.29, 0.717) is 28.2 Å². The van der Waals surface area contributed by atoms with Crippen LogP contribution >= 0.6 is 0 Å². The lowest BCUT2D eigenvalue weighted by atomic mass is 10.1. The maximum absolute atomic E-state index is 12.3. The van der Waals surface area contributed by atoms with Crippen LogP contribution in [0, 0.1) is 6.92 Å². The van der Waals surface area contributed by atoms with Gasteiger partial charge in [0, 0.05) is 24.4 Å². The molecule has 0 N–H and O–H groups in total. The van der Waals surface area contributed by atoms with Crippen LogP contribution in [0.4, 0.5) is 0 Å². The molecule has 3 aromatic rings. The molecule has 3 rings (SSSR count). The number of hydrogen-bond donors (Lipinski definition) is 0. The van der Waals surface area contributed by atoms with Crippen LogP contribution in [-0.2, 0) is 9.53 Å². The molecule has 3 aromatic heterocycles. The highest BCUT2D eigenvalue weighted by atomic mass is 16.5. The molecule has 0 aromatic carbocycles. The van der Waals surface area contributed by atoms with Gasteiger partial charge in [-0.15, -0.1) is 0 Å². The van der Waals surface area contributed by atoms with Crippen molar-refractivity contribution >= 4 is 29.0 Å². The van der Waals surface area contributed by atoms with Crippen molar-refractivity contribution in [3.8, 4) is 0 Å². The first-order valence-electron chi connectivity index (χ1n) is 7.71. The SMILES string of the molecule is COC(=O)/C(=C/c1cccc(C)n1)c1ccc2ncc(C(C)=O)n2c1. The van der Waals surface area contributed by atoms with Crippen molar-refractivity contribution in [2.45, 2.75) is 13.8 Å². The van der Waals surface area contributed by atoms with Gasteiger partial charge in [0.1, 0.15) is 11.3 Å². The second-order valence-corrected chi connectivity index (χ2v) is 5.60. The summed E-state index contributed by atoms with van der Waals surface area (Å²) < 4.78 is 6.58. The van der Waals surface area contributed by atoms with E-state index in [2.05, 4.69) is 9.97 Å². The van der Waals surface area contributed by atoms with E-state index < -0.39 is 5.97 Å². The van der Waals surface area contributed by atoms with Crippen molar-refractivity contribution in [3.05, 3.63) is 65.4 Å². The Labute approximate surface area is 144 Å². The average molecular weight is 335 g/mol. The van der Waals surface area contributed by atoms with Crippen LogP contribution in [0.15, 0.2) is 42.7 Å².